The Balaban J connectivity index is 3.31. The van der Waals surface area contributed by atoms with E-state index in [0.29, 0.717) is 0 Å². The van der Waals surface area contributed by atoms with E-state index < -0.39 is 33.7 Å². The smallest absolute Gasteiger partial charge is 0.321 e. The van der Waals surface area contributed by atoms with Crippen LogP contribution in [0.25, 0.3) is 0 Å². The molecule has 0 aromatic heterocycles. The maximum Gasteiger partial charge on any atom is 0.321 e. The van der Waals surface area contributed by atoms with Crippen LogP contribution in [0.4, 0.5) is 0 Å². The lowest BCUT2D eigenvalue weighted by Gasteiger charge is -2.34. The highest BCUT2D eigenvalue weighted by atomic mass is 32.2. The van der Waals surface area contributed by atoms with E-state index in [9.17, 15) is 18.5 Å². The molecule has 1 rings (SSSR count). The fraction of sp³-hybridized carbons (Fsp3) is 0.529. The summed E-state index contributed by atoms with van der Waals surface area (Å²) in [7, 11) is -4.04. The SMILES string of the molecule is CC(C)(C)OC(=O)CN(C(C)(C)C)S(=O)(=O)c1ccccc1C#N. The summed E-state index contributed by atoms with van der Waals surface area (Å²) in [4.78, 5) is 12.0. The van der Waals surface area contributed by atoms with Gasteiger partial charge in [-0.3, -0.25) is 4.79 Å². The monoisotopic (exact) mass is 352 g/mol. The van der Waals surface area contributed by atoms with Gasteiger partial charge >= 0.3 is 5.97 Å². The largest absolute Gasteiger partial charge is 0.459 e. The quantitative estimate of drug-likeness (QED) is 0.778. The van der Waals surface area contributed by atoms with Gasteiger partial charge in [-0.1, -0.05) is 12.1 Å². The van der Waals surface area contributed by atoms with Crippen LogP contribution in [0, 0.1) is 11.3 Å². The third-order valence-corrected chi connectivity index (χ3v) is 5.19. The lowest BCUT2D eigenvalue weighted by atomic mass is 10.1. The molecule has 0 amide bonds. The molecule has 0 N–H and O–H groups in total. The highest BCUT2D eigenvalue weighted by Gasteiger charge is 2.37. The molecule has 6 nitrogen and oxygen atoms in total. The van der Waals surface area contributed by atoms with Crippen LogP contribution in [0.15, 0.2) is 29.2 Å². The summed E-state index contributed by atoms with van der Waals surface area (Å²) < 4.78 is 32.4. The zero-order valence-electron chi connectivity index (χ0n) is 15.0. The Kier molecular flexibility index (Phi) is 5.80. The van der Waals surface area contributed by atoms with E-state index in [1.807, 2.05) is 6.07 Å². The molecule has 0 spiro atoms. The van der Waals surface area contributed by atoms with E-state index in [1.165, 1.54) is 12.1 Å². The van der Waals surface area contributed by atoms with Gasteiger partial charge in [0.2, 0.25) is 10.0 Å². The second-order valence-electron chi connectivity index (χ2n) is 7.38. The summed E-state index contributed by atoms with van der Waals surface area (Å²) in [6.45, 7) is 9.77. The maximum atomic E-state index is 13.0. The summed E-state index contributed by atoms with van der Waals surface area (Å²) in [5.41, 5.74) is -1.54. The van der Waals surface area contributed by atoms with E-state index in [0.717, 1.165) is 4.31 Å². The minimum absolute atomic E-state index is 0.0379. The second kappa shape index (κ2) is 6.91. The molecule has 0 saturated carbocycles. The Morgan fingerprint density at radius 1 is 1.17 bits per heavy atom. The summed E-state index contributed by atoms with van der Waals surface area (Å²) in [5, 5.41) is 9.18. The number of benzene rings is 1. The molecule has 24 heavy (non-hydrogen) atoms. The lowest BCUT2D eigenvalue weighted by Crippen LogP contribution is -2.49. The van der Waals surface area contributed by atoms with E-state index in [1.54, 1.807) is 53.7 Å². The lowest BCUT2D eigenvalue weighted by molar-refractivity contribution is -0.155. The summed E-state index contributed by atoms with van der Waals surface area (Å²) in [5.74, 6) is -0.643. The molecule has 0 unspecified atom stereocenters. The van der Waals surface area contributed by atoms with Gasteiger partial charge in [0.05, 0.1) is 10.5 Å². The zero-order chi connectivity index (χ0) is 18.8. The minimum Gasteiger partial charge on any atom is -0.459 e. The van der Waals surface area contributed by atoms with Gasteiger partial charge in [-0.15, -0.1) is 0 Å². The summed E-state index contributed by atoms with van der Waals surface area (Å²) >= 11 is 0. The highest BCUT2D eigenvalue weighted by Crippen LogP contribution is 2.26. The predicted octanol–water partition coefficient (Wildman–Crippen LogP) is 2.69. The molecule has 0 bridgehead atoms. The van der Waals surface area contributed by atoms with E-state index in [2.05, 4.69) is 0 Å². The Morgan fingerprint density at radius 2 is 1.71 bits per heavy atom. The van der Waals surface area contributed by atoms with Gasteiger partial charge in [0.15, 0.2) is 0 Å². The number of carbonyl (C=O) groups is 1. The first-order valence-electron chi connectivity index (χ1n) is 7.53. The van der Waals surface area contributed by atoms with Crippen LogP contribution in [0.3, 0.4) is 0 Å². The number of nitrogens with zero attached hydrogens (tertiary/aromatic N) is 2. The predicted molar refractivity (Wildman–Crippen MR) is 90.6 cm³/mol. The molecule has 0 heterocycles. The molecular weight excluding hydrogens is 328 g/mol. The van der Waals surface area contributed by atoms with Crippen LogP contribution >= 0.6 is 0 Å². The fourth-order valence-corrected chi connectivity index (χ4v) is 3.95. The van der Waals surface area contributed by atoms with Gasteiger partial charge < -0.3 is 4.74 Å². The molecule has 0 aliphatic carbocycles. The number of esters is 1. The summed E-state index contributed by atoms with van der Waals surface area (Å²) in [6, 6.07) is 7.81. The molecule has 1 aromatic rings. The van der Waals surface area contributed by atoms with Crippen molar-refractivity contribution >= 4 is 16.0 Å². The van der Waals surface area contributed by atoms with Crippen LogP contribution in [-0.4, -0.2) is 36.4 Å². The van der Waals surface area contributed by atoms with Gasteiger partial charge in [-0.2, -0.15) is 9.57 Å². The molecule has 132 valence electrons. The normalized spacial score (nSPS) is 12.8. The van der Waals surface area contributed by atoms with E-state index in [4.69, 9.17) is 4.74 Å². The van der Waals surface area contributed by atoms with Crippen molar-refractivity contribution in [2.24, 2.45) is 0 Å². The minimum atomic E-state index is -4.04. The molecule has 0 saturated heterocycles. The zero-order valence-corrected chi connectivity index (χ0v) is 15.8. The van der Waals surface area contributed by atoms with Gasteiger partial charge in [-0.25, -0.2) is 8.42 Å². The Hall–Kier alpha value is -1.91. The molecular formula is C17H24N2O4S. The molecule has 0 radical (unpaired) electrons. The second-order valence-corrected chi connectivity index (χ2v) is 9.21. The Labute approximate surface area is 144 Å². The third kappa shape index (κ3) is 5.05. The number of hydrogen-bond acceptors (Lipinski definition) is 5. The summed E-state index contributed by atoms with van der Waals surface area (Å²) in [6.07, 6.45) is 0. The molecule has 0 aliphatic heterocycles. The van der Waals surface area contributed by atoms with Crippen LogP contribution in [-0.2, 0) is 19.6 Å². The standard InChI is InChI=1S/C17H24N2O4S/c1-16(2,3)19(12-15(20)23-17(4,5)6)24(21,22)14-10-8-7-9-13(14)11-18/h7-10H,12H2,1-6H3. The van der Waals surface area contributed by atoms with Gasteiger partial charge in [0.1, 0.15) is 18.2 Å². The first-order valence-corrected chi connectivity index (χ1v) is 8.97. The first-order chi connectivity index (χ1) is 10.8. The topological polar surface area (TPSA) is 87.5 Å². The van der Waals surface area contributed by atoms with Crippen molar-refractivity contribution in [3.05, 3.63) is 29.8 Å². The maximum absolute atomic E-state index is 13.0. The van der Waals surface area contributed by atoms with Crippen LogP contribution < -0.4 is 0 Å². The number of carbonyl (C=O) groups excluding carboxylic acids is 1. The number of nitriles is 1. The van der Waals surface area contributed by atoms with Crippen molar-refractivity contribution in [1.29, 1.82) is 5.26 Å². The molecule has 0 aliphatic rings. The van der Waals surface area contributed by atoms with Crippen molar-refractivity contribution in [2.75, 3.05) is 6.54 Å². The number of rotatable bonds is 4. The van der Waals surface area contributed by atoms with Crippen molar-refractivity contribution in [2.45, 2.75) is 57.6 Å². The van der Waals surface area contributed by atoms with Crippen molar-refractivity contribution in [1.82, 2.24) is 4.31 Å². The third-order valence-electron chi connectivity index (χ3n) is 3.02. The number of ether oxygens (including phenoxy) is 1. The van der Waals surface area contributed by atoms with Crippen molar-refractivity contribution < 1.29 is 17.9 Å². The van der Waals surface area contributed by atoms with Crippen LogP contribution in [0.5, 0.6) is 0 Å². The molecule has 1 aromatic carbocycles. The van der Waals surface area contributed by atoms with E-state index in [-0.39, 0.29) is 10.5 Å². The van der Waals surface area contributed by atoms with Gasteiger partial charge in [-0.05, 0) is 53.7 Å². The Bertz CT molecular complexity index is 750. The number of sulfonamides is 1. The highest BCUT2D eigenvalue weighted by molar-refractivity contribution is 7.89. The average Bonchev–Trinajstić information content (AvgIpc) is 2.41. The molecule has 0 atom stereocenters. The van der Waals surface area contributed by atoms with Crippen molar-refractivity contribution in [3.63, 3.8) is 0 Å². The number of hydrogen-bond donors (Lipinski definition) is 0. The van der Waals surface area contributed by atoms with Gasteiger partial charge in [0, 0.05) is 5.54 Å². The van der Waals surface area contributed by atoms with Gasteiger partial charge in [0.25, 0.3) is 0 Å². The molecule has 7 heteroatoms. The fourth-order valence-electron chi connectivity index (χ4n) is 2.08. The van der Waals surface area contributed by atoms with Crippen LogP contribution in [0.1, 0.15) is 47.1 Å². The average molecular weight is 352 g/mol. The Morgan fingerprint density at radius 3 is 2.17 bits per heavy atom. The van der Waals surface area contributed by atoms with E-state index >= 15 is 0 Å². The first kappa shape index (κ1) is 20.1. The van der Waals surface area contributed by atoms with Crippen LogP contribution in [0.2, 0.25) is 0 Å². The van der Waals surface area contributed by atoms with Crippen molar-refractivity contribution in [3.8, 4) is 6.07 Å². The molecule has 0 fully saturated rings.